The molecule has 1 atom stereocenters. The highest BCUT2D eigenvalue weighted by Crippen LogP contribution is 2.05. The zero-order valence-corrected chi connectivity index (χ0v) is 10.8. The van der Waals surface area contributed by atoms with Crippen LogP contribution in [0.1, 0.15) is 44.6 Å². The SMILES string of the molecule is CCC(C)Nc1cnc(C(=O)NC(C)C)cn1. The monoisotopic (exact) mass is 236 g/mol. The van der Waals surface area contributed by atoms with E-state index in [9.17, 15) is 4.79 Å². The minimum Gasteiger partial charge on any atom is -0.366 e. The molecule has 0 saturated carbocycles. The normalized spacial score (nSPS) is 12.3. The van der Waals surface area contributed by atoms with Crippen molar-refractivity contribution in [3.05, 3.63) is 18.1 Å². The van der Waals surface area contributed by atoms with Crippen LogP contribution in [-0.2, 0) is 0 Å². The van der Waals surface area contributed by atoms with Gasteiger partial charge in [-0.05, 0) is 27.2 Å². The number of aromatic nitrogens is 2. The van der Waals surface area contributed by atoms with Crippen LogP contribution in [-0.4, -0.2) is 28.0 Å². The van der Waals surface area contributed by atoms with Crippen LogP contribution in [0.5, 0.6) is 0 Å². The molecule has 5 heteroatoms. The molecule has 1 aromatic heterocycles. The molecule has 1 heterocycles. The third kappa shape index (κ3) is 4.38. The number of nitrogens with one attached hydrogen (secondary N) is 2. The molecule has 0 saturated heterocycles. The first kappa shape index (κ1) is 13.4. The Bertz CT molecular complexity index is 361. The predicted molar refractivity (Wildman–Crippen MR) is 68.0 cm³/mol. The van der Waals surface area contributed by atoms with Gasteiger partial charge in [-0.2, -0.15) is 0 Å². The Hall–Kier alpha value is -1.65. The smallest absolute Gasteiger partial charge is 0.271 e. The van der Waals surface area contributed by atoms with Crippen LogP contribution >= 0.6 is 0 Å². The molecule has 17 heavy (non-hydrogen) atoms. The van der Waals surface area contributed by atoms with E-state index in [1.54, 1.807) is 6.20 Å². The first-order valence-corrected chi connectivity index (χ1v) is 5.92. The lowest BCUT2D eigenvalue weighted by Crippen LogP contribution is -2.30. The maximum atomic E-state index is 11.6. The molecule has 1 unspecified atom stereocenters. The van der Waals surface area contributed by atoms with Crippen LogP contribution in [0.25, 0.3) is 0 Å². The molecule has 0 fully saturated rings. The highest BCUT2D eigenvalue weighted by atomic mass is 16.1. The molecular formula is C12H20N4O. The Morgan fingerprint density at radius 2 is 2.00 bits per heavy atom. The minimum absolute atomic E-state index is 0.0993. The summed E-state index contributed by atoms with van der Waals surface area (Å²) in [4.78, 5) is 19.9. The van der Waals surface area contributed by atoms with E-state index in [-0.39, 0.29) is 11.9 Å². The van der Waals surface area contributed by atoms with Crippen molar-refractivity contribution >= 4 is 11.7 Å². The number of hydrogen-bond donors (Lipinski definition) is 2. The van der Waals surface area contributed by atoms with E-state index in [1.165, 1.54) is 6.20 Å². The number of carbonyl (C=O) groups excluding carboxylic acids is 1. The Kier molecular flexibility index (Phi) is 4.87. The van der Waals surface area contributed by atoms with Crippen LogP contribution in [0.4, 0.5) is 5.82 Å². The Morgan fingerprint density at radius 3 is 2.47 bits per heavy atom. The third-order valence-corrected chi connectivity index (χ3v) is 2.31. The van der Waals surface area contributed by atoms with Gasteiger partial charge in [-0.3, -0.25) is 4.79 Å². The van der Waals surface area contributed by atoms with Gasteiger partial charge in [0, 0.05) is 12.1 Å². The Labute approximate surface area is 102 Å². The average Bonchev–Trinajstić information content (AvgIpc) is 2.28. The maximum Gasteiger partial charge on any atom is 0.271 e. The molecule has 0 bridgehead atoms. The summed E-state index contributed by atoms with van der Waals surface area (Å²) in [6.07, 6.45) is 4.08. The van der Waals surface area contributed by atoms with Crippen molar-refractivity contribution in [2.45, 2.75) is 46.2 Å². The van der Waals surface area contributed by atoms with Gasteiger partial charge < -0.3 is 10.6 Å². The lowest BCUT2D eigenvalue weighted by atomic mass is 10.2. The average molecular weight is 236 g/mol. The van der Waals surface area contributed by atoms with Gasteiger partial charge in [0.05, 0.1) is 12.4 Å². The minimum atomic E-state index is -0.192. The fourth-order valence-corrected chi connectivity index (χ4v) is 1.21. The van der Waals surface area contributed by atoms with Gasteiger partial charge >= 0.3 is 0 Å². The lowest BCUT2D eigenvalue weighted by molar-refractivity contribution is 0.0937. The van der Waals surface area contributed by atoms with Gasteiger partial charge in [0.2, 0.25) is 0 Å². The highest BCUT2D eigenvalue weighted by molar-refractivity contribution is 5.92. The van der Waals surface area contributed by atoms with Crippen LogP contribution in [0.15, 0.2) is 12.4 Å². The van der Waals surface area contributed by atoms with Crippen LogP contribution in [0.2, 0.25) is 0 Å². The molecule has 1 rings (SSSR count). The second-order valence-corrected chi connectivity index (χ2v) is 4.37. The molecule has 1 amide bonds. The summed E-state index contributed by atoms with van der Waals surface area (Å²) in [6.45, 7) is 7.98. The fraction of sp³-hybridized carbons (Fsp3) is 0.583. The quantitative estimate of drug-likeness (QED) is 0.818. The third-order valence-electron chi connectivity index (χ3n) is 2.31. The molecule has 0 aliphatic carbocycles. The molecule has 0 radical (unpaired) electrons. The summed E-state index contributed by atoms with van der Waals surface area (Å²) in [7, 11) is 0. The van der Waals surface area contributed by atoms with Crippen molar-refractivity contribution in [2.75, 3.05) is 5.32 Å². The summed E-state index contributed by atoms with van der Waals surface area (Å²) in [5.74, 6) is 0.503. The zero-order chi connectivity index (χ0) is 12.8. The summed E-state index contributed by atoms with van der Waals surface area (Å²) in [6, 6.07) is 0.446. The van der Waals surface area contributed by atoms with E-state index >= 15 is 0 Å². The van der Waals surface area contributed by atoms with Crippen LogP contribution in [0.3, 0.4) is 0 Å². The summed E-state index contributed by atoms with van der Waals surface area (Å²) in [5.41, 5.74) is 0.341. The molecule has 94 valence electrons. The fourth-order valence-electron chi connectivity index (χ4n) is 1.21. The van der Waals surface area contributed by atoms with Gasteiger partial charge in [0.15, 0.2) is 0 Å². The summed E-state index contributed by atoms with van der Waals surface area (Å²) < 4.78 is 0. The molecule has 2 N–H and O–H groups in total. The standard InChI is InChI=1S/C12H20N4O/c1-5-9(4)16-11-7-13-10(6-14-11)12(17)15-8(2)3/h6-9H,5H2,1-4H3,(H,14,16)(H,15,17). The van der Waals surface area contributed by atoms with Gasteiger partial charge in [0.25, 0.3) is 5.91 Å². The van der Waals surface area contributed by atoms with E-state index < -0.39 is 0 Å². The van der Waals surface area contributed by atoms with Gasteiger partial charge in [0.1, 0.15) is 11.5 Å². The van der Waals surface area contributed by atoms with Crippen molar-refractivity contribution in [3.63, 3.8) is 0 Å². The maximum absolute atomic E-state index is 11.6. The first-order valence-electron chi connectivity index (χ1n) is 5.92. The summed E-state index contributed by atoms with van der Waals surface area (Å²) in [5, 5.41) is 5.96. The Balaban J connectivity index is 2.64. The van der Waals surface area contributed by atoms with E-state index in [1.807, 2.05) is 13.8 Å². The number of carbonyl (C=O) groups is 1. The van der Waals surface area contributed by atoms with Crippen LogP contribution in [0, 0.1) is 0 Å². The molecule has 0 spiro atoms. The number of nitrogens with zero attached hydrogens (tertiary/aromatic N) is 2. The van der Waals surface area contributed by atoms with E-state index in [0.717, 1.165) is 6.42 Å². The van der Waals surface area contributed by atoms with Crippen molar-refractivity contribution in [2.24, 2.45) is 0 Å². The van der Waals surface area contributed by atoms with Gasteiger partial charge in [-0.15, -0.1) is 0 Å². The van der Waals surface area contributed by atoms with Gasteiger partial charge in [-0.25, -0.2) is 9.97 Å². The second kappa shape index (κ2) is 6.18. The van der Waals surface area contributed by atoms with Crippen molar-refractivity contribution < 1.29 is 4.79 Å². The zero-order valence-electron chi connectivity index (χ0n) is 10.8. The number of anilines is 1. The van der Waals surface area contributed by atoms with Crippen molar-refractivity contribution in [1.29, 1.82) is 0 Å². The van der Waals surface area contributed by atoms with Crippen LogP contribution < -0.4 is 10.6 Å². The Morgan fingerprint density at radius 1 is 1.29 bits per heavy atom. The lowest BCUT2D eigenvalue weighted by Gasteiger charge is -2.12. The van der Waals surface area contributed by atoms with Gasteiger partial charge in [-0.1, -0.05) is 6.92 Å². The van der Waals surface area contributed by atoms with Crippen molar-refractivity contribution in [1.82, 2.24) is 15.3 Å². The molecular weight excluding hydrogens is 216 g/mol. The second-order valence-electron chi connectivity index (χ2n) is 4.37. The van der Waals surface area contributed by atoms with E-state index in [0.29, 0.717) is 17.6 Å². The van der Waals surface area contributed by atoms with E-state index in [4.69, 9.17) is 0 Å². The predicted octanol–water partition coefficient (Wildman–Crippen LogP) is 1.83. The molecule has 0 aromatic carbocycles. The number of hydrogen-bond acceptors (Lipinski definition) is 4. The topological polar surface area (TPSA) is 66.9 Å². The first-order chi connectivity index (χ1) is 8.02. The number of amides is 1. The highest BCUT2D eigenvalue weighted by Gasteiger charge is 2.09. The molecule has 1 aromatic rings. The largest absolute Gasteiger partial charge is 0.366 e. The molecule has 0 aliphatic rings. The summed E-state index contributed by atoms with van der Waals surface area (Å²) >= 11 is 0. The molecule has 5 nitrogen and oxygen atoms in total. The van der Waals surface area contributed by atoms with E-state index in [2.05, 4.69) is 34.4 Å². The number of rotatable bonds is 5. The van der Waals surface area contributed by atoms with Crippen molar-refractivity contribution in [3.8, 4) is 0 Å². The molecule has 0 aliphatic heterocycles.